The van der Waals surface area contributed by atoms with Crippen LogP contribution in [-0.4, -0.2) is 17.1 Å². The molecule has 88 valence electrons. The van der Waals surface area contributed by atoms with E-state index in [9.17, 15) is 4.79 Å². The molecule has 1 aromatic carbocycles. The van der Waals surface area contributed by atoms with Crippen LogP contribution in [0.25, 0.3) is 0 Å². The number of hydrogen-bond donors (Lipinski definition) is 2. The zero-order valence-electron chi connectivity index (χ0n) is 9.51. The van der Waals surface area contributed by atoms with E-state index in [1.54, 1.807) is 13.8 Å². The fourth-order valence-corrected chi connectivity index (χ4v) is 1.15. The summed E-state index contributed by atoms with van der Waals surface area (Å²) in [6.07, 6.45) is 0. The summed E-state index contributed by atoms with van der Waals surface area (Å²) in [5.74, 6) is -1.31. The minimum atomic E-state index is -0.830. The Hall–Kier alpha value is -1.39. The second-order valence-electron chi connectivity index (χ2n) is 3.81. The summed E-state index contributed by atoms with van der Waals surface area (Å²) in [5, 5.41) is 8.77. The Balaban J connectivity index is 2.28. The van der Waals surface area contributed by atoms with Crippen molar-refractivity contribution in [1.29, 1.82) is 0 Å². The van der Waals surface area contributed by atoms with Gasteiger partial charge in [-0.1, -0.05) is 37.3 Å². The van der Waals surface area contributed by atoms with Crippen LogP contribution in [0.2, 0.25) is 0 Å². The number of nitrogens with one attached hydrogen (secondary N) is 1. The monoisotopic (exact) mass is 223 g/mol. The third kappa shape index (κ3) is 4.00. The molecule has 0 spiro atoms. The molecule has 0 bridgehead atoms. The molecular weight excluding hydrogens is 206 g/mol. The first kappa shape index (κ1) is 12.7. The van der Waals surface area contributed by atoms with Crippen LogP contribution in [0.4, 0.5) is 0 Å². The normalized spacial score (nSPS) is 14.4. The highest BCUT2D eigenvalue weighted by Gasteiger charge is 2.18. The summed E-state index contributed by atoms with van der Waals surface area (Å²) in [7, 11) is 0. The molecule has 0 saturated heterocycles. The molecule has 0 aliphatic heterocycles. The first-order chi connectivity index (χ1) is 7.61. The second-order valence-corrected chi connectivity index (χ2v) is 3.81. The Morgan fingerprint density at radius 2 is 2.00 bits per heavy atom. The van der Waals surface area contributed by atoms with E-state index in [1.807, 2.05) is 30.3 Å². The van der Waals surface area contributed by atoms with Gasteiger partial charge in [0.1, 0.15) is 0 Å². The largest absolute Gasteiger partial charge is 0.481 e. The Morgan fingerprint density at radius 3 is 2.56 bits per heavy atom. The molecule has 0 saturated carbocycles. The number of hydroxylamine groups is 1. The van der Waals surface area contributed by atoms with Crippen molar-refractivity contribution in [3.05, 3.63) is 35.9 Å². The van der Waals surface area contributed by atoms with E-state index in [0.717, 1.165) is 5.56 Å². The van der Waals surface area contributed by atoms with E-state index >= 15 is 0 Å². The van der Waals surface area contributed by atoms with Gasteiger partial charge in [0.15, 0.2) is 0 Å². The van der Waals surface area contributed by atoms with Gasteiger partial charge in [0.05, 0.1) is 12.5 Å². The van der Waals surface area contributed by atoms with Crippen LogP contribution in [0.5, 0.6) is 0 Å². The zero-order chi connectivity index (χ0) is 12.0. The molecule has 16 heavy (non-hydrogen) atoms. The number of rotatable bonds is 6. The minimum Gasteiger partial charge on any atom is -0.481 e. The van der Waals surface area contributed by atoms with Crippen LogP contribution < -0.4 is 5.48 Å². The third-order valence-corrected chi connectivity index (χ3v) is 2.49. The van der Waals surface area contributed by atoms with Crippen LogP contribution >= 0.6 is 0 Å². The molecule has 0 fully saturated rings. The molecule has 4 heteroatoms. The molecule has 0 heterocycles. The summed E-state index contributed by atoms with van der Waals surface area (Å²) in [5.41, 5.74) is 3.78. The number of benzene rings is 1. The maximum absolute atomic E-state index is 10.7. The maximum Gasteiger partial charge on any atom is 0.307 e. The van der Waals surface area contributed by atoms with Crippen molar-refractivity contribution < 1.29 is 14.7 Å². The van der Waals surface area contributed by atoms with Crippen molar-refractivity contribution in [2.45, 2.75) is 26.5 Å². The average Bonchev–Trinajstić information content (AvgIpc) is 2.29. The summed E-state index contributed by atoms with van der Waals surface area (Å²) in [4.78, 5) is 15.9. The van der Waals surface area contributed by atoms with Crippen LogP contribution in [0.15, 0.2) is 30.3 Å². The summed E-state index contributed by atoms with van der Waals surface area (Å²) in [6.45, 7) is 3.85. The van der Waals surface area contributed by atoms with Gasteiger partial charge in [0, 0.05) is 6.04 Å². The van der Waals surface area contributed by atoms with Crippen molar-refractivity contribution in [1.82, 2.24) is 5.48 Å². The van der Waals surface area contributed by atoms with Gasteiger partial charge in [0.2, 0.25) is 0 Å². The van der Waals surface area contributed by atoms with Gasteiger partial charge in [-0.3, -0.25) is 9.63 Å². The van der Waals surface area contributed by atoms with E-state index in [-0.39, 0.29) is 6.04 Å². The second kappa shape index (κ2) is 6.25. The fraction of sp³-hybridized carbons (Fsp3) is 0.417. The van der Waals surface area contributed by atoms with Crippen LogP contribution in [-0.2, 0) is 16.2 Å². The average molecular weight is 223 g/mol. The van der Waals surface area contributed by atoms with E-state index in [2.05, 4.69) is 5.48 Å². The van der Waals surface area contributed by atoms with Crippen LogP contribution in [0.1, 0.15) is 19.4 Å². The van der Waals surface area contributed by atoms with Gasteiger partial charge >= 0.3 is 5.97 Å². The molecule has 2 N–H and O–H groups in total. The first-order valence-electron chi connectivity index (χ1n) is 5.25. The summed E-state index contributed by atoms with van der Waals surface area (Å²) >= 11 is 0. The van der Waals surface area contributed by atoms with E-state index in [0.29, 0.717) is 6.61 Å². The SMILES string of the molecule is CC(NOCc1ccccc1)C(C)C(=O)O. The summed E-state index contributed by atoms with van der Waals surface area (Å²) < 4.78 is 0. The highest BCUT2D eigenvalue weighted by molar-refractivity contribution is 5.70. The summed E-state index contributed by atoms with van der Waals surface area (Å²) in [6, 6.07) is 9.48. The molecule has 2 unspecified atom stereocenters. The predicted octanol–water partition coefficient (Wildman–Crippen LogP) is 1.82. The third-order valence-electron chi connectivity index (χ3n) is 2.49. The fourth-order valence-electron chi connectivity index (χ4n) is 1.15. The molecule has 0 aliphatic carbocycles. The molecule has 1 aromatic rings. The van der Waals surface area contributed by atoms with E-state index in [4.69, 9.17) is 9.94 Å². The van der Waals surface area contributed by atoms with E-state index < -0.39 is 11.9 Å². The Labute approximate surface area is 95.2 Å². The van der Waals surface area contributed by atoms with E-state index in [1.165, 1.54) is 0 Å². The molecule has 0 radical (unpaired) electrons. The predicted molar refractivity (Wildman–Crippen MR) is 60.6 cm³/mol. The quantitative estimate of drug-likeness (QED) is 0.722. The van der Waals surface area contributed by atoms with Crippen molar-refractivity contribution >= 4 is 5.97 Å². The van der Waals surface area contributed by atoms with Crippen molar-refractivity contribution in [3.63, 3.8) is 0 Å². The number of carboxylic acid groups (broad SMARTS) is 1. The minimum absolute atomic E-state index is 0.221. The van der Waals surface area contributed by atoms with Crippen LogP contribution in [0.3, 0.4) is 0 Å². The molecule has 2 atom stereocenters. The first-order valence-corrected chi connectivity index (χ1v) is 5.25. The highest BCUT2D eigenvalue weighted by Crippen LogP contribution is 2.04. The lowest BCUT2D eigenvalue weighted by Crippen LogP contribution is -2.36. The lowest BCUT2D eigenvalue weighted by atomic mass is 10.1. The molecular formula is C12H17NO3. The standard InChI is InChI=1S/C12H17NO3/c1-9(12(14)15)10(2)13-16-8-11-6-4-3-5-7-11/h3-7,9-10,13H,8H2,1-2H3,(H,14,15). The number of hydrogen-bond acceptors (Lipinski definition) is 3. The molecule has 4 nitrogen and oxygen atoms in total. The number of carbonyl (C=O) groups is 1. The van der Waals surface area contributed by atoms with Gasteiger partial charge in [-0.15, -0.1) is 0 Å². The molecule has 0 aliphatic rings. The van der Waals surface area contributed by atoms with Crippen molar-refractivity contribution in [3.8, 4) is 0 Å². The number of aliphatic carboxylic acids is 1. The van der Waals surface area contributed by atoms with Gasteiger partial charge in [0.25, 0.3) is 0 Å². The highest BCUT2D eigenvalue weighted by atomic mass is 16.6. The van der Waals surface area contributed by atoms with Gasteiger partial charge in [-0.05, 0) is 12.5 Å². The number of carboxylic acids is 1. The van der Waals surface area contributed by atoms with Crippen molar-refractivity contribution in [2.24, 2.45) is 5.92 Å². The van der Waals surface area contributed by atoms with Gasteiger partial charge in [-0.2, -0.15) is 5.48 Å². The Bertz CT molecular complexity index is 326. The molecule has 0 amide bonds. The smallest absolute Gasteiger partial charge is 0.307 e. The topological polar surface area (TPSA) is 58.6 Å². The van der Waals surface area contributed by atoms with Gasteiger partial charge < -0.3 is 5.11 Å². The zero-order valence-corrected chi connectivity index (χ0v) is 9.51. The Kier molecular flexibility index (Phi) is 4.95. The molecule has 1 rings (SSSR count). The lowest BCUT2D eigenvalue weighted by molar-refractivity contribution is -0.143. The lowest BCUT2D eigenvalue weighted by Gasteiger charge is -2.17. The molecule has 0 aromatic heterocycles. The van der Waals surface area contributed by atoms with Crippen molar-refractivity contribution in [2.75, 3.05) is 0 Å². The van der Waals surface area contributed by atoms with Crippen LogP contribution in [0, 0.1) is 5.92 Å². The Morgan fingerprint density at radius 1 is 1.38 bits per heavy atom. The van der Waals surface area contributed by atoms with Gasteiger partial charge in [-0.25, -0.2) is 0 Å². The maximum atomic E-state index is 10.7.